The molecule has 0 bridgehead atoms. The standard InChI is InChI=1S/C26H25N3O4/c1-19-4-2-5-24(16-19)32-15-3-6-25(30)28-29-26(31)18-33-23-13-11-22(12-14-23)21-9-7-20(17-27)8-10-21/h2,4-5,7-14,16H,3,6,15,18H2,1H3,(H,28,30)(H,29,31). The SMILES string of the molecule is Cc1cccc(OCCCC(=O)NNC(=O)COc2ccc(-c3ccc(C#N)cc3)cc2)c1. The summed E-state index contributed by atoms with van der Waals surface area (Å²) >= 11 is 0. The molecule has 7 heteroatoms. The molecule has 0 aliphatic carbocycles. The van der Waals surface area contributed by atoms with E-state index >= 15 is 0 Å². The van der Waals surface area contributed by atoms with E-state index in [9.17, 15) is 9.59 Å². The molecule has 3 aromatic rings. The number of benzene rings is 3. The third kappa shape index (κ3) is 7.71. The molecule has 0 aliphatic rings. The first-order valence-corrected chi connectivity index (χ1v) is 10.5. The number of rotatable bonds is 9. The molecule has 2 amide bonds. The highest BCUT2D eigenvalue weighted by Crippen LogP contribution is 2.22. The molecule has 0 radical (unpaired) electrons. The summed E-state index contributed by atoms with van der Waals surface area (Å²) in [6.45, 7) is 2.17. The minimum absolute atomic E-state index is 0.226. The fourth-order valence-corrected chi connectivity index (χ4v) is 3.00. The second-order valence-electron chi connectivity index (χ2n) is 7.37. The van der Waals surface area contributed by atoms with Crippen molar-refractivity contribution in [2.45, 2.75) is 19.8 Å². The van der Waals surface area contributed by atoms with E-state index in [4.69, 9.17) is 14.7 Å². The van der Waals surface area contributed by atoms with Gasteiger partial charge in [-0.3, -0.25) is 20.4 Å². The lowest BCUT2D eigenvalue weighted by atomic mass is 10.0. The third-order valence-corrected chi connectivity index (χ3v) is 4.72. The normalized spacial score (nSPS) is 10.1. The lowest BCUT2D eigenvalue weighted by molar-refractivity contribution is -0.130. The van der Waals surface area contributed by atoms with Gasteiger partial charge in [-0.2, -0.15) is 5.26 Å². The van der Waals surface area contributed by atoms with Crippen LogP contribution in [0, 0.1) is 18.3 Å². The molecule has 0 atom stereocenters. The van der Waals surface area contributed by atoms with Crippen LogP contribution >= 0.6 is 0 Å². The van der Waals surface area contributed by atoms with Crippen molar-refractivity contribution >= 4 is 11.8 Å². The summed E-state index contributed by atoms with van der Waals surface area (Å²) in [6.07, 6.45) is 0.751. The van der Waals surface area contributed by atoms with E-state index in [-0.39, 0.29) is 18.9 Å². The van der Waals surface area contributed by atoms with Gasteiger partial charge in [0.05, 0.1) is 18.2 Å². The number of ether oxygens (including phenoxy) is 2. The van der Waals surface area contributed by atoms with Gasteiger partial charge in [0.15, 0.2) is 6.61 Å². The van der Waals surface area contributed by atoms with Crippen molar-refractivity contribution in [3.63, 3.8) is 0 Å². The first kappa shape index (κ1) is 23.4. The van der Waals surface area contributed by atoms with Crippen molar-refractivity contribution in [3.8, 4) is 28.7 Å². The number of hydrogen-bond acceptors (Lipinski definition) is 5. The molecule has 0 unspecified atom stereocenters. The van der Waals surface area contributed by atoms with E-state index in [1.807, 2.05) is 55.5 Å². The van der Waals surface area contributed by atoms with Crippen LogP contribution in [-0.2, 0) is 9.59 Å². The molecule has 168 valence electrons. The highest BCUT2D eigenvalue weighted by molar-refractivity contribution is 5.82. The fraction of sp³-hybridized carbons (Fsp3) is 0.192. The van der Waals surface area contributed by atoms with Crippen molar-refractivity contribution in [1.29, 1.82) is 5.26 Å². The van der Waals surface area contributed by atoms with Gasteiger partial charge in [0.25, 0.3) is 5.91 Å². The Balaban J connectivity index is 1.32. The maximum Gasteiger partial charge on any atom is 0.276 e. The van der Waals surface area contributed by atoms with E-state index in [2.05, 4.69) is 16.9 Å². The number of amides is 2. The summed E-state index contributed by atoms with van der Waals surface area (Å²) in [4.78, 5) is 23.8. The summed E-state index contributed by atoms with van der Waals surface area (Å²) in [7, 11) is 0. The molecule has 33 heavy (non-hydrogen) atoms. The zero-order valence-electron chi connectivity index (χ0n) is 18.3. The van der Waals surface area contributed by atoms with Crippen LogP contribution in [0.3, 0.4) is 0 Å². The van der Waals surface area contributed by atoms with Gasteiger partial charge in [0, 0.05) is 6.42 Å². The monoisotopic (exact) mass is 443 g/mol. The summed E-state index contributed by atoms with van der Waals surface area (Å²) in [5.74, 6) is 0.534. The average Bonchev–Trinajstić information content (AvgIpc) is 2.84. The number of nitrogens with zero attached hydrogens (tertiary/aromatic N) is 1. The van der Waals surface area contributed by atoms with Crippen LogP contribution in [0.5, 0.6) is 11.5 Å². The van der Waals surface area contributed by atoms with Gasteiger partial charge in [0.1, 0.15) is 11.5 Å². The van der Waals surface area contributed by atoms with Crippen molar-refractivity contribution in [2.24, 2.45) is 0 Å². The number of nitrogens with one attached hydrogen (secondary N) is 2. The minimum atomic E-state index is -0.462. The molecule has 0 fully saturated rings. The predicted molar refractivity (Wildman–Crippen MR) is 124 cm³/mol. The largest absolute Gasteiger partial charge is 0.494 e. The first-order chi connectivity index (χ1) is 16.0. The van der Waals surface area contributed by atoms with Gasteiger partial charge >= 0.3 is 0 Å². The Bertz CT molecular complexity index is 1120. The Hall–Kier alpha value is -4.31. The second-order valence-corrected chi connectivity index (χ2v) is 7.37. The summed E-state index contributed by atoms with van der Waals surface area (Å²) < 4.78 is 11.1. The maximum absolute atomic E-state index is 11.9. The molecule has 0 heterocycles. The third-order valence-electron chi connectivity index (χ3n) is 4.72. The van der Waals surface area contributed by atoms with E-state index in [1.165, 1.54) is 0 Å². The predicted octanol–water partition coefficient (Wildman–Crippen LogP) is 3.92. The van der Waals surface area contributed by atoms with Crippen LogP contribution in [-0.4, -0.2) is 25.0 Å². The van der Waals surface area contributed by atoms with E-state index < -0.39 is 5.91 Å². The molecular formula is C26H25N3O4. The Morgan fingerprint density at radius 2 is 1.52 bits per heavy atom. The molecule has 7 nitrogen and oxygen atoms in total. The topological polar surface area (TPSA) is 100 Å². The van der Waals surface area contributed by atoms with E-state index in [0.29, 0.717) is 24.3 Å². The highest BCUT2D eigenvalue weighted by Gasteiger charge is 2.07. The van der Waals surface area contributed by atoms with Gasteiger partial charge < -0.3 is 9.47 Å². The number of carbonyl (C=O) groups excluding carboxylic acids is 2. The van der Waals surface area contributed by atoms with Crippen molar-refractivity contribution < 1.29 is 19.1 Å². The van der Waals surface area contributed by atoms with Crippen molar-refractivity contribution in [1.82, 2.24) is 10.9 Å². The van der Waals surface area contributed by atoms with Crippen LogP contribution in [0.1, 0.15) is 24.0 Å². The first-order valence-electron chi connectivity index (χ1n) is 10.5. The maximum atomic E-state index is 11.9. The molecule has 0 aliphatic heterocycles. The molecule has 3 aromatic carbocycles. The van der Waals surface area contributed by atoms with Gasteiger partial charge in [0.2, 0.25) is 5.91 Å². The van der Waals surface area contributed by atoms with Crippen molar-refractivity contribution in [3.05, 3.63) is 83.9 Å². The second kappa shape index (κ2) is 11.9. The quantitative estimate of drug-likeness (QED) is 0.386. The molecule has 0 spiro atoms. The zero-order valence-corrected chi connectivity index (χ0v) is 18.3. The van der Waals surface area contributed by atoms with Crippen LogP contribution in [0.25, 0.3) is 11.1 Å². The van der Waals surface area contributed by atoms with Gasteiger partial charge in [-0.15, -0.1) is 0 Å². The number of nitriles is 1. The van der Waals surface area contributed by atoms with Gasteiger partial charge in [-0.25, -0.2) is 0 Å². The molecule has 3 rings (SSSR count). The number of hydrazine groups is 1. The molecule has 0 saturated heterocycles. The van der Waals surface area contributed by atoms with Crippen LogP contribution in [0.15, 0.2) is 72.8 Å². The Morgan fingerprint density at radius 1 is 0.848 bits per heavy atom. The lowest BCUT2D eigenvalue weighted by Crippen LogP contribution is -2.43. The molecule has 0 aromatic heterocycles. The number of carbonyl (C=O) groups is 2. The van der Waals surface area contributed by atoms with E-state index in [1.54, 1.807) is 24.3 Å². The van der Waals surface area contributed by atoms with Gasteiger partial charge in [-0.1, -0.05) is 36.4 Å². The van der Waals surface area contributed by atoms with Crippen molar-refractivity contribution in [2.75, 3.05) is 13.2 Å². The lowest BCUT2D eigenvalue weighted by Gasteiger charge is -2.10. The van der Waals surface area contributed by atoms with Crippen LogP contribution < -0.4 is 20.3 Å². The Morgan fingerprint density at radius 3 is 2.18 bits per heavy atom. The van der Waals surface area contributed by atoms with Crippen LogP contribution in [0.2, 0.25) is 0 Å². The molecule has 2 N–H and O–H groups in total. The number of aryl methyl sites for hydroxylation is 1. The zero-order chi connectivity index (χ0) is 23.5. The highest BCUT2D eigenvalue weighted by atomic mass is 16.5. The molecule has 0 saturated carbocycles. The summed E-state index contributed by atoms with van der Waals surface area (Å²) in [5.41, 5.74) is 8.36. The minimum Gasteiger partial charge on any atom is -0.494 e. The van der Waals surface area contributed by atoms with Crippen LogP contribution in [0.4, 0.5) is 0 Å². The Labute approximate surface area is 192 Å². The number of hydrogen-bond donors (Lipinski definition) is 2. The fourth-order valence-electron chi connectivity index (χ4n) is 3.00. The molecular weight excluding hydrogens is 418 g/mol. The smallest absolute Gasteiger partial charge is 0.276 e. The van der Waals surface area contributed by atoms with Gasteiger partial charge in [-0.05, 0) is 66.4 Å². The Kier molecular flexibility index (Phi) is 8.43. The average molecular weight is 444 g/mol. The summed E-state index contributed by atoms with van der Waals surface area (Å²) in [6, 6.07) is 24.3. The van der Waals surface area contributed by atoms with E-state index in [0.717, 1.165) is 22.4 Å². The summed E-state index contributed by atoms with van der Waals surface area (Å²) in [5, 5.41) is 8.88.